The Labute approximate surface area is 88.5 Å². The molecule has 0 saturated carbocycles. The van der Waals surface area contributed by atoms with Crippen LogP contribution in [-0.2, 0) is 6.42 Å². The molecule has 0 bridgehead atoms. The molecule has 1 aromatic carbocycles. The maximum absolute atomic E-state index is 13.0. The van der Waals surface area contributed by atoms with Crippen LogP contribution in [-0.4, -0.2) is 13.1 Å². The van der Waals surface area contributed by atoms with E-state index in [2.05, 4.69) is 12.2 Å². The summed E-state index contributed by atoms with van der Waals surface area (Å²) in [6, 6.07) is 3.76. The number of hydrogen-bond donors (Lipinski definition) is 1. The van der Waals surface area contributed by atoms with Gasteiger partial charge in [0.15, 0.2) is 0 Å². The fourth-order valence-electron chi connectivity index (χ4n) is 2.23. The highest BCUT2D eigenvalue weighted by Gasteiger charge is 2.28. The molecule has 0 amide bonds. The van der Waals surface area contributed by atoms with Crippen molar-refractivity contribution in [1.29, 1.82) is 0 Å². The third-order valence-electron chi connectivity index (χ3n) is 3.01. The van der Waals surface area contributed by atoms with Gasteiger partial charge in [0.2, 0.25) is 0 Å². The summed E-state index contributed by atoms with van der Waals surface area (Å²) < 4.78 is 25.9. The number of nitrogens with one attached hydrogen (secondary N) is 1. The standard InChI is InChI=1S/C12H15F2N/c1-12(2-3-15-8-12)7-9-4-10(13)6-11(14)5-9/h4-6,15H,2-3,7-8H2,1H3. The van der Waals surface area contributed by atoms with Crippen molar-refractivity contribution in [2.75, 3.05) is 13.1 Å². The molecule has 1 nitrogen and oxygen atoms in total. The van der Waals surface area contributed by atoms with Gasteiger partial charge < -0.3 is 5.32 Å². The summed E-state index contributed by atoms with van der Waals surface area (Å²) in [6.45, 7) is 4.06. The third kappa shape index (κ3) is 2.53. The second-order valence-electron chi connectivity index (χ2n) is 4.69. The van der Waals surface area contributed by atoms with Crippen LogP contribution < -0.4 is 5.32 Å². The number of halogens is 2. The normalized spacial score (nSPS) is 25.8. The van der Waals surface area contributed by atoms with Gasteiger partial charge in [0.1, 0.15) is 11.6 Å². The van der Waals surface area contributed by atoms with Gasteiger partial charge in [0.05, 0.1) is 0 Å². The molecule has 0 radical (unpaired) electrons. The first-order valence-electron chi connectivity index (χ1n) is 5.23. The van der Waals surface area contributed by atoms with Crippen LogP contribution in [0.2, 0.25) is 0 Å². The molecule has 1 aliphatic rings. The lowest BCUT2D eigenvalue weighted by Gasteiger charge is -2.22. The van der Waals surface area contributed by atoms with Gasteiger partial charge in [-0.2, -0.15) is 0 Å². The Morgan fingerprint density at radius 1 is 1.27 bits per heavy atom. The van der Waals surface area contributed by atoms with Crippen molar-refractivity contribution in [1.82, 2.24) is 5.32 Å². The van der Waals surface area contributed by atoms with Gasteiger partial charge in [-0.25, -0.2) is 8.78 Å². The summed E-state index contributed by atoms with van der Waals surface area (Å²) >= 11 is 0. The summed E-state index contributed by atoms with van der Waals surface area (Å²) in [4.78, 5) is 0. The largest absolute Gasteiger partial charge is 0.316 e. The molecule has 1 saturated heterocycles. The van der Waals surface area contributed by atoms with Crippen molar-refractivity contribution in [3.05, 3.63) is 35.4 Å². The van der Waals surface area contributed by atoms with Crippen LogP contribution in [0.4, 0.5) is 8.78 Å². The molecule has 1 fully saturated rings. The van der Waals surface area contributed by atoms with Crippen molar-refractivity contribution in [2.45, 2.75) is 19.8 Å². The maximum atomic E-state index is 13.0. The van der Waals surface area contributed by atoms with Crippen molar-refractivity contribution >= 4 is 0 Å². The molecule has 0 spiro atoms. The first-order valence-corrected chi connectivity index (χ1v) is 5.23. The topological polar surface area (TPSA) is 12.0 Å². The molecule has 1 unspecified atom stereocenters. The van der Waals surface area contributed by atoms with Crippen molar-refractivity contribution in [3.8, 4) is 0 Å². The summed E-state index contributed by atoms with van der Waals surface area (Å²) in [7, 11) is 0. The lowest BCUT2D eigenvalue weighted by Crippen LogP contribution is -2.22. The smallest absolute Gasteiger partial charge is 0.126 e. The van der Waals surface area contributed by atoms with E-state index in [1.165, 1.54) is 12.1 Å². The Hall–Kier alpha value is -0.960. The first kappa shape index (κ1) is 10.6. The number of rotatable bonds is 2. The monoisotopic (exact) mass is 211 g/mol. The zero-order valence-corrected chi connectivity index (χ0v) is 8.82. The van der Waals surface area contributed by atoms with Gasteiger partial charge >= 0.3 is 0 Å². The molecule has 82 valence electrons. The quantitative estimate of drug-likeness (QED) is 0.792. The van der Waals surface area contributed by atoms with E-state index >= 15 is 0 Å². The minimum atomic E-state index is -0.487. The third-order valence-corrected chi connectivity index (χ3v) is 3.01. The molecule has 1 aliphatic heterocycles. The minimum Gasteiger partial charge on any atom is -0.316 e. The van der Waals surface area contributed by atoms with Gasteiger partial charge in [-0.3, -0.25) is 0 Å². The zero-order chi connectivity index (χ0) is 10.9. The zero-order valence-electron chi connectivity index (χ0n) is 8.82. The molecule has 1 atom stereocenters. The van der Waals surface area contributed by atoms with Crippen molar-refractivity contribution < 1.29 is 8.78 Å². The fourth-order valence-corrected chi connectivity index (χ4v) is 2.23. The van der Waals surface area contributed by atoms with E-state index < -0.39 is 11.6 Å². The van der Waals surface area contributed by atoms with Crippen LogP contribution >= 0.6 is 0 Å². The molecular formula is C12H15F2N. The number of hydrogen-bond acceptors (Lipinski definition) is 1. The van der Waals surface area contributed by atoms with E-state index in [0.717, 1.165) is 37.6 Å². The van der Waals surface area contributed by atoms with E-state index in [0.29, 0.717) is 0 Å². The van der Waals surface area contributed by atoms with Crippen molar-refractivity contribution in [3.63, 3.8) is 0 Å². The molecular weight excluding hydrogens is 196 g/mol. The molecule has 0 aromatic heterocycles. The van der Waals surface area contributed by atoms with Gasteiger partial charge in [0.25, 0.3) is 0 Å². The fraction of sp³-hybridized carbons (Fsp3) is 0.500. The average Bonchev–Trinajstić information content (AvgIpc) is 2.49. The second kappa shape index (κ2) is 3.89. The highest BCUT2D eigenvalue weighted by molar-refractivity contribution is 5.19. The van der Waals surface area contributed by atoms with Crippen LogP contribution in [0, 0.1) is 17.0 Å². The Kier molecular flexibility index (Phi) is 2.74. The molecule has 3 heteroatoms. The van der Waals surface area contributed by atoms with Gasteiger partial charge in [-0.1, -0.05) is 6.92 Å². The van der Waals surface area contributed by atoms with Crippen LogP contribution in [0.3, 0.4) is 0 Å². The lowest BCUT2D eigenvalue weighted by molar-refractivity contribution is 0.361. The van der Waals surface area contributed by atoms with Gasteiger partial charge in [0, 0.05) is 12.6 Å². The highest BCUT2D eigenvalue weighted by atomic mass is 19.1. The van der Waals surface area contributed by atoms with Crippen LogP contribution in [0.1, 0.15) is 18.9 Å². The second-order valence-corrected chi connectivity index (χ2v) is 4.69. The Morgan fingerprint density at radius 3 is 2.47 bits per heavy atom. The summed E-state index contributed by atoms with van der Waals surface area (Å²) in [6.07, 6.45) is 1.79. The molecule has 2 rings (SSSR count). The van der Waals surface area contributed by atoms with Gasteiger partial charge in [-0.15, -0.1) is 0 Å². The predicted octanol–water partition coefficient (Wildman–Crippen LogP) is 2.51. The predicted molar refractivity (Wildman–Crippen MR) is 55.7 cm³/mol. The Balaban J connectivity index is 2.16. The minimum absolute atomic E-state index is 0.139. The van der Waals surface area contributed by atoms with Crippen LogP contribution in [0.15, 0.2) is 18.2 Å². The lowest BCUT2D eigenvalue weighted by atomic mass is 9.83. The molecule has 1 aromatic rings. The highest BCUT2D eigenvalue weighted by Crippen LogP contribution is 2.29. The first-order chi connectivity index (χ1) is 7.07. The van der Waals surface area contributed by atoms with E-state index in [4.69, 9.17) is 0 Å². The van der Waals surface area contributed by atoms with Gasteiger partial charge in [-0.05, 0) is 42.5 Å². The van der Waals surface area contributed by atoms with Crippen LogP contribution in [0.5, 0.6) is 0 Å². The maximum Gasteiger partial charge on any atom is 0.126 e. The Morgan fingerprint density at radius 2 is 1.93 bits per heavy atom. The summed E-state index contributed by atoms with van der Waals surface area (Å²) in [5, 5.41) is 3.27. The molecule has 1 N–H and O–H groups in total. The molecule has 1 heterocycles. The Bertz CT molecular complexity index is 336. The van der Waals surface area contributed by atoms with Crippen LogP contribution in [0.25, 0.3) is 0 Å². The van der Waals surface area contributed by atoms with Crippen molar-refractivity contribution in [2.24, 2.45) is 5.41 Å². The average molecular weight is 211 g/mol. The van der Waals surface area contributed by atoms with E-state index in [1.54, 1.807) is 0 Å². The number of benzene rings is 1. The van der Waals surface area contributed by atoms with E-state index in [1.807, 2.05) is 0 Å². The van der Waals surface area contributed by atoms with E-state index in [9.17, 15) is 8.78 Å². The molecule has 15 heavy (non-hydrogen) atoms. The molecule has 0 aliphatic carbocycles. The summed E-state index contributed by atoms with van der Waals surface area (Å²) in [5.74, 6) is -0.973. The summed E-state index contributed by atoms with van der Waals surface area (Å²) in [5.41, 5.74) is 0.888. The SMILES string of the molecule is CC1(Cc2cc(F)cc(F)c2)CCNC1. The van der Waals surface area contributed by atoms with E-state index in [-0.39, 0.29) is 5.41 Å².